The molecule has 14 nitrogen and oxygen atoms in total. The Bertz CT molecular complexity index is 2000. The van der Waals surface area contributed by atoms with Crippen molar-refractivity contribution in [2.45, 2.75) is 64.3 Å². The van der Waals surface area contributed by atoms with Gasteiger partial charge in [0.15, 0.2) is 5.82 Å². The minimum absolute atomic E-state index is 0.179. The molecule has 3 N–H and O–H groups in total. The second kappa shape index (κ2) is 15.1. The number of carbonyl (C=O) groups is 3. The molecule has 1 aliphatic rings. The molecule has 1 fully saturated rings. The lowest BCUT2D eigenvalue weighted by atomic mass is 10.1. The lowest BCUT2D eigenvalue weighted by Crippen LogP contribution is -2.42. The van der Waals surface area contributed by atoms with Gasteiger partial charge < -0.3 is 29.7 Å². The highest BCUT2D eigenvalue weighted by Crippen LogP contribution is 2.33. The van der Waals surface area contributed by atoms with Crippen LogP contribution in [-0.2, 0) is 14.3 Å². The molecular formula is C38H43N9O5. The SMILES string of the molecule is COC(=O)N[C@@H](C(=O)N(C)[C@@H](C)c1ncc(-c2ccc(-c3ncc(-c4cnc([C@@H]5CCCN5C(=O)OC(C)(C)C)[nH]4)cn3)cc2)[nH]1)c1ccccc1. The summed E-state index contributed by atoms with van der Waals surface area (Å²) < 4.78 is 10.4. The molecule has 1 saturated heterocycles. The topological polar surface area (TPSA) is 171 Å². The fourth-order valence-corrected chi connectivity index (χ4v) is 6.04. The predicted octanol–water partition coefficient (Wildman–Crippen LogP) is 6.61. The Labute approximate surface area is 302 Å². The predicted molar refractivity (Wildman–Crippen MR) is 193 cm³/mol. The van der Waals surface area contributed by atoms with Crippen molar-refractivity contribution in [2.75, 3.05) is 20.7 Å². The highest BCUT2D eigenvalue weighted by molar-refractivity contribution is 5.87. The molecule has 5 aromatic rings. The molecule has 0 radical (unpaired) electrons. The molecule has 1 aliphatic heterocycles. The van der Waals surface area contributed by atoms with Crippen LogP contribution < -0.4 is 5.32 Å². The van der Waals surface area contributed by atoms with Gasteiger partial charge in [0, 0.05) is 37.1 Å². The first-order valence-corrected chi connectivity index (χ1v) is 17.1. The van der Waals surface area contributed by atoms with E-state index in [2.05, 4.69) is 35.2 Å². The minimum Gasteiger partial charge on any atom is -0.453 e. The average molecular weight is 706 g/mol. The summed E-state index contributed by atoms with van der Waals surface area (Å²) in [5.41, 5.74) is 4.12. The normalized spacial score (nSPS) is 15.5. The zero-order valence-electron chi connectivity index (χ0n) is 30.1. The van der Waals surface area contributed by atoms with Crippen molar-refractivity contribution in [1.29, 1.82) is 0 Å². The molecule has 0 spiro atoms. The Morgan fingerprint density at radius 2 is 1.54 bits per heavy atom. The molecule has 4 heterocycles. The Morgan fingerprint density at radius 3 is 2.21 bits per heavy atom. The standard InChI is InChI=1S/C38H43N9O5/c1-23(46(5)35(48)31(45-36(49)51-6)25-11-8-7-9-12-25)32-41-21-28(43-32)24-14-16-26(17-15-24)33-39-19-27(20-40-33)29-22-42-34(44-29)30-13-10-18-47(30)37(50)52-38(2,3)4/h7-9,11-12,14-17,19-23,30-31H,10,13,18H2,1-6H3,(H,41,43)(H,42,44)(H,45,49)/t23-,30-,31+/m0/s1. The number of nitrogens with zero attached hydrogens (tertiary/aromatic N) is 6. The van der Waals surface area contributed by atoms with E-state index >= 15 is 0 Å². The lowest BCUT2D eigenvalue weighted by molar-refractivity contribution is -0.134. The van der Waals surface area contributed by atoms with Crippen LogP contribution in [0.4, 0.5) is 9.59 Å². The number of amides is 3. The molecule has 3 amide bonds. The molecule has 3 aromatic heterocycles. The Hall–Kier alpha value is -6.05. The number of rotatable bonds is 9. The van der Waals surface area contributed by atoms with Gasteiger partial charge in [0.1, 0.15) is 23.3 Å². The third-order valence-electron chi connectivity index (χ3n) is 8.96. The number of hydrogen-bond donors (Lipinski definition) is 3. The van der Waals surface area contributed by atoms with Crippen LogP contribution in [0.5, 0.6) is 0 Å². The van der Waals surface area contributed by atoms with Crippen molar-refractivity contribution in [1.82, 2.24) is 45.0 Å². The number of H-pyrrole nitrogens is 2. The van der Waals surface area contributed by atoms with Crippen LogP contribution in [0.15, 0.2) is 79.4 Å². The van der Waals surface area contributed by atoms with E-state index in [4.69, 9.17) is 9.47 Å². The van der Waals surface area contributed by atoms with Crippen LogP contribution in [0.25, 0.3) is 33.9 Å². The average Bonchev–Trinajstić information content (AvgIpc) is 3.94. The van der Waals surface area contributed by atoms with Gasteiger partial charge in [-0.15, -0.1) is 0 Å². The molecule has 6 rings (SSSR count). The molecule has 2 aromatic carbocycles. The van der Waals surface area contributed by atoms with Gasteiger partial charge >= 0.3 is 12.2 Å². The van der Waals surface area contributed by atoms with Gasteiger partial charge in [-0.05, 0) is 51.7 Å². The summed E-state index contributed by atoms with van der Waals surface area (Å²) in [5, 5.41) is 2.64. The third-order valence-corrected chi connectivity index (χ3v) is 8.96. The fraction of sp³-hybridized carbons (Fsp3) is 0.342. The first-order chi connectivity index (χ1) is 24.9. The number of hydrogen-bond acceptors (Lipinski definition) is 9. The highest BCUT2D eigenvalue weighted by Gasteiger charge is 2.35. The van der Waals surface area contributed by atoms with E-state index in [1.54, 1.807) is 61.0 Å². The largest absolute Gasteiger partial charge is 0.453 e. The summed E-state index contributed by atoms with van der Waals surface area (Å²) >= 11 is 0. The van der Waals surface area contributed by atoms with E-state index in [1.165, 1.54) is 12.0 Å². The first-order valence-electron chi connectivity index (χ1n) is 17.1. The summed E-state index contributed by atoms with van der Waals surface area (Å²) in [4.78, 5) is 66.7. The number of carbonyl (C=O) groups excluding carboxylic acids is 3. The van der Waals surface area contributed by atoms with Crippen LogP contribution in [0.1, 0.15) is 75.9 Å². The monoisotopic (exact) mass is 705 g/mol. The van der Waals surface area contributed by atoms with Crippen molar-refractivity contribution >= 4 is 18.1 Å². The van der Waals surface area contributed by atoms with E-state index < -0.39 is 23.8 Å². The number of ether oxygens (including phenoxy) is 2. The number of alkyl carbamates (subject to hydrolysis) is 1. The van der Waals surface area contributed by atoms with Gasteiger partial charge in [-0.2, -0.15) is 0 Å². The Kier molecular flexibility index (Phi) is 10.4. The van der Waals surface area contributed by atoms with E-state index in [-0.39, 0.29) is 18.0 Å². The van der Waals surface area contributed by atoms with Gasteiger partial charge in [0.05, 0.1) is 43.0 Å². The number of nitrogens with one attached hydrogen (secondary N) is 3. The maximum atomic E-state index is 13.6. The number of aromatic amines is 2. The van der Waals surface area contributed by atoms with Crippen LogP contribution in [0.3, 0.4) is 0 Å². The summed E-state index contributed by atoms with van der Waals surface area (Å²) in [6.45, 7) is 8.07. The molecule has 14 heteroatoms. The minimum atomic E-state index is -0.926. The molecule has 0 aliphatic carbocycles. The maximum absolute atomic E-state index is 13.6. The smallest absolute Gasteiger partial charge is 0.410 e. The van der Waals surface area contributed by atoms with Gasteiger partial charge in [-0.25, -0.2) is 29.5 Å². The van der Waals surface area contributed by atoms with Crippen LogP contribution >= 0.6 is 0 Å². The van der Waals surface area contributed by atoms with Gasteiger partial charge in [0.25, 0.3) is 0 Å². The zero-order chi connectivity index (χ0) is 37.0. The molecule has 0 bridgehead atoms. The second-order valence-corrected chi connectivity index (χ2v) is 13.7. The summed E-state index contributed by atoms with van der Waals surface area (Å²) in [6, 6.07) is 15.3. The van der Waals surface area contributed by atoms with Crippen molar-refractivity contribution in [3.63, 3.8) is 0 Å². The van der Waals surface area contributed by atoms with E-state index in [1.807, 2.05) is 58.0 Å². The van der Waals surface area contributed by atoms with Crippen LogP contribution in [-0.4, -0.2) is 84.1 Å². The van der Waals surface area contributed by atoms with E-state index in [9.17, 15) is 14.4 Å². The van der Waals surface area contributed by atoms with Crippen molar-refractivity contribution < 1.29 is 23.9 Å². The zero-order valence-corrected chi connectivity index (χ0v) is 30.1. The third kappa shape index (κ3) is 7.96. The molecule has 52 heavy (non-hydrogen) atoms. The van der Waals surface area contributed by atoms with Gasteiger partial charge in [-0.3, -0.25) is 9.69 Å². The van der Waals surface area contributed by atoms with Crippen molar-refractivity contribution in [3.05, 3.63) is 96.6 Å². The molecule has 3 atom stereocenters. The first kappa shape index (κ1) is 35.8. The summed E-state index contributed by atoms with van der Waals surface area (Å²) in [5.74, 6) is 1.55. The summed E-state index contributed by atoms with van der Waals surface area (Å²) in [7, 11) is 2.93. The number of likely N-dealkylation sites (tertiary alicyclic amines) is 1. The Morgan fingerprint density at radius 1 is 0.885 bits per heavy atom. The summed E-state index contributed by atoms with van der Waals surface area (Å²) in [6.07, 6.45) is 7.60. The molecular weight excluding hydrogens is 662 g/mol. The number of aromatic nitrogens is 6. The van der Waals surface area contributed by atoms with E-state index in [0.717, 1.165) is 40.9 Å². The highest BCUT2D eigenvalue weighted by atomic mass is 16.6. The maximum Gasteiger partial charge on any atom is 0.410 e. The molecule has 0 unspecified atom stereocenters. The van der Waals surface area contributed by atoms with E-state index in [0.29, 0.717) is 29.6 Å². The van der Waals surface area contributed by atoms with Crippen LogP contribution in [0, 0.1) is 0 Å². The van der Waals surface area contributed by atoms with Crippen molar-refractivity contribution in [3.8, 4) is 33.9 Å². The number of methoxy groups -OCH3 is 1. The number of benzene rings is 2. The number of likely N-dealkylation sites (N-methyl/N-ethyl adjacent to an activating group) is 1. The molecule has 0 saturated carbocycles. The number of imidazole rings is 2. The van der Waals surface area contributed by atoms with Crippen molar-refractivity contribution in [2.24, 2.45) is 0 Å². The lowest BCUT2D eigenvalue weighted by Gasteiger charge is -2.28. The second-order valence-electron chi connectivity index (χ2n) is 13.7. The fourth-order valence-electron chi connectivity index (χ4n) is 6.04. The van der Waals surface area contributed by atoms with Gasteiger partial charge in [-0.1, -0.05) is 54.6 Å². The van der Waals surface area contributed by atoms with Crippen LogP contribution in [0.2, 0.25) is 0 Å². The quantitative estimate of drug-likeness (QED) is 0.153. The molecule has 270 valence electrons. The van der Waals surface area contributed by atoms with Gasteiger partial charge in [0.2, 0.25) is 5.91 Å². The Balaban J connectivity index is 1.10.